The lowest BCUT2D eigenvalue weighted by Crippen LogP contribution is -2.41. The summed E-state index contributed by atoms with van der Waals surface area (Å²) in [6.45, 7) is 7.30. The molecule has 1 aliphatic heterocycles. The van der Waals surface area contributed by atoms with Crippen LogP contribution in [-0.2, 0) is 14.3 Å². The molecule has 1 aromatic carbocycles. The van der Waals surface area contributed by atoms with E-state index in [-0.39, 0.29) is 17.9 Å². The van der Waals surface area contributed by atoms with Crippen molar-refractivity contribution in [2.75, 3.05) is 24.6 Å². The lowest BCUT2D eigenvalue weighted by Gasteiger charge is -2.25. The van der Waals surface area contributed by atoms with Crippen LogP contribution in [0.3, 0.4) is 0 Å². The van der Waals surface area contributed by atoms with E-state index in [9.17, 15) is 9.59 Å². The third kappa shape index (κ3) is 4.55. The monoisotopic (exact) mass is 318 g/mol. The van der Waals surface area contributed by atoms with Crippen LogP contribution in [-0.4, -0.2) is 37.6 Å². The lowest BCUT2D eigenvalue weighted by atomic mass is 10.0. The molecular formula is C18H26N2O3. The van der Waals surface area contributed by atoms with Crippen molar-refractivity contribution in [1.82, 2.24) is 5.32 Å². The summed E-state index contributed by atoms with van der Waals surface area (Å²) < 4.78 is 5.36. The van der Waals surface area contributed by atoms with E-state index in [4.69, 9.17) is 4.74 Å². The van der Waals surface area contributed by atoms with Crippen molar-refractivity contribution in [3.8, 4) is 0 Å². The topological polar surface area (TPSA) is 58.6 Å². The molecule has 0 aliphatic carbocycles. The van der Waals surface area contributed by atoms with Crippen molar-refractivity contribution in [1.29, 1.82) is 0 Å². The Hall–Kier alpha value is -1.88. The molecule has 0 spiro atoms. The molecule has 1 saturated heterocycles. The molecule has 2 amide bonds. The fraction of sp³-hybridized carbons (Fsp3) is 0.556. The predicted octanol–water partition coefficient (Wildman–Crippen LogP) is 2.46. The van der Waals surface area contributed by atoms with Gasteiger partial charge in [0.1, 0.15) is 6.10 Å². The van der Waals surface area contributed by atoms with E-state index in [1.165, 1.54) is 0 Å². The molecule has 0 bridgehead atoms. The second kappa shape index (κ2) is 8.11. The lowest BCUT2D eigenvalue weighted by molar-refractivity contribution is -0.130. The van der Waals surface area contributed by atoms with Gasteiger partial charge in [-0.15, -0.1) is 0 Å². The van der Waals surface area contributed by atoms with Gasteiger partial charge in [-0.2, -0.15) is 0 Å². The normalized spacial score (nSPS) is 17.3. The predicted molar refractivity (Wildman–Crippen MR) is 90.5 cm³/mol. The molecule has 1 heterocycles. The number of hydrogen-bond donors (Lipinski definition) is 1. The Morgan fingerprint density at radius 1 is 1.35 bits per heavy atom. The van der Waals surface area contributed by atoms with E-state index in [0.29, 0.717) is 25.6 Å². The summed E-state index contributed by atoms with van der Waals surface area (Å²) in [5.41, 5.74) is 2.05. The molecule has 1 aromatic rings. The van der Waals surface area contributed by atoms with Crippen LogP contribution in [0.25, 0.3) is 0 Å². The van der Waals surface area contributed by atoms with Crippen LogP contribution in [0.2, 0.25) is 0 Å². The Labute approximate surface area is 138 Å². The maximum Gasteiger partial charge on any atom is 0.249 e. The summed E-state index contributed by atoms with van der Waals surface area (Å²) >= 11 is 0. The first-order valence-electron chi connectivity index (χ1n) is 8.27. The minimum Gasteiger partial charge on any atom is -0.368 e. The third-order valence-electron chi connectivity index (χ3n) is 4.09. The number of nitrogens with one attached hydrogen (secondary N) is 1. The Kier molecular flexibility index (Phi) is 6.16. The number of nitrogens with zero attached hydrogens (tertiary/aromatic N) is 1. The summed E-state index contributed by atoms with van der Waals surface area (Å²) in [4.78, 5) is 25.7. The van der Waals surface area contributed by atoms with Gasteiger partial charge in [-0.1, -0.05) is 32.0 Å². The fourth-order valence-corrected chi connectivity index (χ4v) is 2.86. The summed E-state index contributed by atoms with van der Waals surface area (Å²) in [7, 11) is 0. The average molecular weight is 318 g/mol. The van der Waals surface area contributed by atoms with E-state index in [2.05, 4.69) is 19.2 Å². The first-order chi connectivity index (χ1) is 11.0. The number of hydrogen-bond acceptors (Lipinski definition) is 3. The Morgan fingerprint density at radius 2 is 2.09 bits per heavy atom. The average Bonchev–Trinajstić information content (AvgIpc) is 3.05. The quantitative estimate of drug-likeness (QED) is 0.876. The largest absolute Gasteiger partial charge is 0.368 e. The highest BCUT2D eigenvalue weighted by molar-refractivity contribution is 5.92. The number of ether oxygens (including phenoxy) is 1. The first-order valence-corrected chi connectivity index (χ1v) is 8.27. The molecule has 1 fully saturated rings. The first kappa shape index (κ1) is 17.5. The Bertz CT molecular complexity index is 551. The molecule has 1 atom stereocenters. The van der Waals surface area contributed by atoms with E-state index >= 15 is 0 Å². The smallest absolute Gasteiger partial charge is 0.249 e. The van der Waals surface area contributed by atoms with E-state index < -0.39 is 0 Å². The zero-order valence-corrected chi connectivity index (χ0v) is 14.2. The van der Waals surface area contributed by atoms with Crippen LogP contribution in [0.5, 0.6) is 0 Å². The molecule has 126 valence electrons. The molecule has 0 radical (unpaired) electrons. The standard InChI is InChI=1S/C18H26N2O3/c1-13(2)15-7-4-5-8-16(15)20(14(3)21)11-10-19-18(22)17-9-6-12-23-17/h4-5,7-8,13,17H,6,9-12H2,1-3H3,(H,19,22). The molecule has 0 saturated carbocycles. The number of carbonyl (C=O) groups is 2. The van der Waals surface area contributed by atoms with Crippen molar-refractivity contribution in [3.63, 3.8) is 0 Å². The molecular weight excluding hydrogens is 292 g/mol. The summed E-state index contributed by atoms with van der Waals surface area (Å²) in [5.74, 6) is 0.224. The van der Waals surface area contributed by atoms with Gasteiger partial charge in [0, 0.05) is 32.3 Å². The maximum absolute atomic E-state index is 12.0. The van der Waals surface area contributed by atoms with Gasteiger partial charge in [0.25, 0.3) is 0 Å². The Balaban J connectivity index is 1.99. The molecule has 23 heavy (non-hydrogen) atoms. The minimum absolute atomic E-state index is 0.0236. The molecule has 1 N–H and O–H groups in total. The maximum atomic E-state index is 12.0. The second-order valence-electron chi connectivity index (χ2n) is 6.18. The molecule has 1 unspecified atom stereocenters. The van der Waals surface area contributed by atoms with Crippen LogP contribution in [0.15, 0.2) is 24.3 Å². The highest BCUT2D eigenvalue weighted by atomic mass is 16.5. The number of rotatable bonds is 6. The number of benzene rings is 1. The molecule has 0 aromatic heterocycles. The number of anilines is 1. The van der Waals surface area contributed by atoms with Crippen LogP contribution in [0, 0.1) is 0 Å². The van der Waals surface area contributed by atoms with Gasteiger partial charge in [-0.3, -0.25) is 9.59 Å². The molecule has 5 heteroatoms. The van der Waals surface area contributed by atoms with E-state index in [0.717, 1.165) is 24.1 Å². The number of carbonyl (C=O) groups excluding carboxylic acids is 2. The van der Waals surface area contributed by atoms with E-state index in [1.54, 1.807) is 11.8 Å². The van der Waals surface area contributed by atoms with E-state index in [1.807, 2.05) is 24.3 Å². The highest BCUT2D eigenvalue weighted by Gasteiger charge is 2.23. The van der Waals surface area contributed by atoms with Crippen molar-refractivity contribution >= 4 is 17.5 Å². The van der Waals surface area contributed by atoms with Gasteiger partial charge in [-0.25, -0.2) is 0 Å². The fourth-order valence-electron chi connectivity index (χ4n) is 2.86. The van der Waals surface area contributed by atoms with Crippen molar-refractivity contribution < 1.29 is 14.3 Å². The van der Waals surface area contributed by atoms with Crippen LogP contribution >= 0.6 is 0 Å². The molecule has 1 aliphatic rings. The highest BCUT2D eigenvalue weighted by Crippen LogP contribution is 2.27. The number of para-hydroxylation sites is 1. The van der Waals surface area contributed by atoms with Crippen molar-refractivity contribution in [2.45, 2.75) is 45.6 Å². The van der Waals surface area contributed by atoms with Gasteiger partial charge in [-0.05, 0) is 30.4 Å². The van der Waals surface area contributed by atoms with Gasteiger partial charge in [0.2, 0.25) is 11.8 Å². The number of amides is 2. The minimum atomic E-state index is -0.330. The molecule has 5 nitrogen and oxygen atoms in total. The van der Waals surface area contributed by atoms with Crippen LogP contribution in [0.1, 0.15) is 45.1 Å². The third-order valence-corrected chi connectivity index (χ3v) is 4.09. The van der Waals surface area contributed by atoms with Crippen molar-refractivity contribution in [3.05, 3.63) is 29.8 Å². The summed E-state index contributed by atoms with van der Waals surface area (Å²) in [6, 6.07) is 7.91. The summed E-state index contributed by atoms with van der Waals surface area (Å²) in [5, 5.41) is 2.87. The second-order valence-corrected chi connectivity index (χ2v) is 6.18. The van der Waals surface area contributed by atoms with Crippen molar-refractivity contribution in [2.24, 2.45) is 0 Å². The summed E-state index contributed by atoms with van der Waals surface area (Å²) in [6.07, 6.45) is 1.38. The zero-order chi connectivity index (χ0) is 16.8. The van der Waals surface area contributed by atoms with Gasteiger partial charge in [0.05, 0.1) is 0 Å². The van der Waals surface area contributed by atoms with Gasteiger partial charge >= 0.3 is 0 Å². The Morgan fingerprint density at radius 3 is 2.70 bits per heavy atom. The van der Waals surface area contributed by atoms with Crippen LogP contribution in [0.4, 0.5) is 5.69 Å². The van der Waals surface area contributed by atoms with Crippen LogP contribution < -0.4 is 10.2 Å². The zero-order valence-electron chi connectivity index (χ0n) is 14.2. The van der Waals surface area contributed by atoms with Gasteiger partial charge in [0.15, 0.2) is 0 Å². The SMILES string of the molecule is CC(=O)N(CCNC(=O)C1CCCO1)c1ccccc1C(C)C. The molecule has 2 rings (SSSR count). The van der Waals surface area contributed by atoms with Gasteiger partial charge < -0.3 is 15.0 Å².